The zero-order valence-corrected chi connectivity index (χ0v) is 48.0. The van der Waals surface area contributed by atoms with E-state index in [-0.39, 0.29) is 50.4 Å². The number of benzene rings is 2. The molecule has 2 aromatic carbocycles. The van der Waals surface area contributed by atoms with Gasteiger partial charge in [-0.3, -0.25) is 9.80 Å². The largest absolute Gasteiger partial charge is 0.443 e. The summed E-state index contributed by atoms with van der Waals surface area (Å²) in [4.78, 5) is 30.1. The van der Waals surface area contributed by atoms with Crippen molar-refractivity contribution in [1.82, 2.24) is 8.61 Å². The highest BCUT2D eigenvalue weighted by atomic mass is 32.2. The van der Waals surface area contributed by atoms with Crippen LogP contribution in [0.15, 0.2) is 29.1 Å². The normalized spacial score (nSPS) is 20.2. The van der Waals surface area contributed by atoms with Gasteiger partial charge in [0.05, 0.1) is 44.3 Å². The van der Waals surface area contributed by atoms with E-state index in [1.54, 1.807) is 58.1 Å². The van der Waals surface area contributed by atoms with E-state index < -0.39 is 76.0 Å². The summed E-state index contributed by atoms with van der Waals surface area (Å²) in [7, 11) is -5.51. The summed E-state index contributed by atoms with van der Waals surface area (Å²) >= 11 is 0. The van der Waals surface area contributed by atoms with Crippen LogP contribution in [-0.2, 0) is 66.0 Å². The van der Waals surface area contributed by atoms with Crippen LogP contribution in [0.3, 0.4) is 0 Å². The van der Waals surface area contributed by atoms with Gasteiger partial charge in [0.1, 0.15) is 11.2 Å². The average Bonchev–Trinajstić information content (AvgIpc) is 4.10. The van der Waals surface area contributed by atoms with E-state index in [4.69, 9.17) is 33.2 Å². The molecule has 24 heteroatoms. The van der Waals surface area contributed by atoms with E-state index in [0.29, 0.717) is 75.6 Å². The summed E-state index contributed by atoms with van der Waals surface area (Å²) < 4.78 is 134. The molecule has 18 nitrogen and oxygen atoms in total. The number of piperidine rings is 2. The van der Waals surface area contributed by atoms with Crippen LogP contribution in [0, 0.1) is 27.7 Å². The number of rotatable bonds is 11. The van der Waals surface area contributed by atoms with Gasteiger partial charge in [-0.2, -0.15) is 17.9 Å². The molecule has 2 aromatic rings. The van der Waals surface area contributed by atoms with E-state index in [1.165, 1.54) is 16.8 Å². The second-order valence-electron chi connectivity index (χ2n) is 21.4. The van der Waals surface area contributed by atoms with Gasteiger partial charge >= 0.3 is 17.4 Å². The number of aryl methyl sites for hydroxylation is 4. The van der Waals surface area contributed by atoms with Crippen molar-refractivity contribution in [2.45, 2.75) is 162 Å². The van der Waals surface area contributed by atoms with Crippen molar-refractivity contribution in [3.63, 3.8) is 0 Å². The first-order chi connectivity index (χ1) is 34.3. The number of halogens is 3. The highest BCUT2D eigenvalue weighted by Gasteiger charge is 2.52. The Balaban J connectivity index is 0.000000279. The van der Waals surface area contributed by atoms with Gasteiger partial charge in [0, 0.05) is 83.9 Å². The number of hydrogen-bond acceptors (Lipinski definition) is 14. The lowest BCUT2D eigenvalue weighted by Gasteiger charge is -2.38. The second kappa shape index (κ2) is 25.9. The van der Waals surface area contributed by atoms with Crippen molar-refractivity contribution >= 4 is 52.9 Å². The summed E-state index contributed by atoms with van der Waals surface area (Å²) in [5, 5.41) is -4.00. The first kappa shape index (κ1) is 63.9. The fraction of sp³-hybridized carbons (Fsp3) is 0.725. The summed E-state index contributed by atoms with van der Waals surface area (Å²) in [5.41, 5.74) is 4.14. The van der Waals surface area contributed by atoms with Crippen molar-refractivity contribution in [2.24, 2.45) is 4.86 Å². The Hall–Kier alpha value is -3.59. The average molecular weight is 1120 g/mol. The third-order valence-electron chi connectivity index (χ3n) is 13.4. The Kier molecular flexibility index (Phi) is 22.1. The molecule has 1 atom stereocenters. The van der Waals surface area contributed by atoms with Gasteiger partial charge < -0.3 is 33.2 Å². The molecular formula is C51H82F3N5O13S2Si. The lowest BCUT2D eigenvalue weighted by Crippen LogP contribution is -2.52. The molecule has 0 saturated carbocycles. The summed E-state index contributed by atoms with van der Waals surface area (Å²) in [6.45, 7) is 21.3. The van der Waals surface area contributed by atoms with Crippen LogP contribution in [0.1, 0.15) is 121 Å². The zero-order valence-electron chi connectivity index (χ0n) is 45.2. The van der Waals surface area contributed by atoms with Crippen LogP contribution in [0.2, 0.25) is 0 Å². The molecule has 2 spiro atoms. The van der Waals surface area contributed by atoms with E-state index >= 15 is 8.78 Å². The predicted molar refractivity (Wildman–Crippen MR) is 283 cm³/mol. The number of carbonyl (C=O) groups is 2. The van der Waals surface area contributed by atoms with Crippen molar-refractivity contribution in [1.29, 1.82) is 0 Å². The Morgan fingerprint density at radius 2 is 1.08 bits per heavy atom. The number of amides is 2. The second-order valence-corrected chi connectivity index (χ2v) is 26.8. The monoisotopic (exact) mass is 1120 g/mol. The molecule has 0 aliphatic carbocycles. The van der Waals surface area contributed by atoms with Gasteiger partial charge in [0.25, 0.3) is 10.0 Å². The molecule has 7 rings (SSSR count). The Labute approximate surface area is 445 Å². The number of sulfonamides is 2. The van der Waals surface area contributed by atoms with E-state index in [0.717, 1.165) is 46.1 Å². The fourth-order valence-corrected chi connectivity index (χ4v) is 12.8. The summed E-state index contributed by atoms with van der Waals surface area (Å²) in [6.07, 6.45) is 2.10. The highest BCUT2D eigenvalue weighted by molar-refractivity contribution is 7.90. The van der Waals surface area contributed by atoms with Crippen molar-refractivity contribution < 1.29 is 72.8 Å². The third kappa shape index (κ3) is 17.2. The molecule has 0 N–H and O–H groups in total. The molecular weight excluding hydrogens is 1040 g/mol. The molecule has 5 aliphatic heterocycles. The van der Waals surface area contributed by atoms with E-state index in [1.807, 2.05) is 46.8 Å². The Bertz CT molecular complexity index is 2460. The molecule has 1 unspecified atom stereocenters. The van der Waals surface area contributed by atoms with Crippen LogP contribution in [0.5, 0.6) is 0 Å². The number of anilines is 2. The Morgan fingerprint density at radius 1 is 0.693 bits per heavy atom. The van der Waals surface area contributed by atoms with Crippen LogP contribution >= 0.6 is 0 Å². The smallest absolute Gasteiger partial charge is 0.414 e. The maximum Gasteiger partial charge on any atom is 0.414 e. The van der Waals surface area contributed by atoms with E-state index in [9.17, 15) is 30.9 Å². The molecule has 0 bridgehead atoms. The topological polar surface area (TPSA) is 192 Å². The molecule has 75 heavy (non-hydrogen) atoms. The standard InChI is InChI=1S/C23H34F2N2O6S.C23H36N2O6S.C4H8FNOSi.CH4/c1-16-13-18(26(6)20(28)33-21(3,4)5)14-17(2)19(16)15-23(24,25)34(29,30)27-9-7-22(8-10-27)31-11-12-32-22;1-17-15-19(24(6)21(26)31-22(3,4)5)16-18(2)20(17)7-14-32(27,28)25-10-8-23(9-11-25)29-12-13-30-23;5-6-8-4-2-1-3-7-4;/h13-14H,7-12,15H2,1-6H3;15-16H,7-14H2,1-6H3;4,8H,1-3H2;1H4. The molecule has 5 heterocycles. The molecule has 0 aromatic heterocycles. The number of hydrogen-bond donors (Lipinski definition) is 0. The molecule has 5 aliphatic rings. The molecule has 0 radical (unpaired) electrons. The first-order valence-electron chi connectivity index (χ1n) is 25.1. The minimum atomic E-state index is -4.90. The van der Waals surface area contributed by atoms with E-state index in [2.05, 4.69) is 4.86 Å². The third-order valence-corrected chi connectivity index (χ3v) is 18.1. The van der Waals surface area contributed by atoms with Crippen molar-refractivity contribution in [3.8, 4) is 0 Å². The van der Waals surface area contributed by atoms with Crippen LogP contribution < -0.4 is 9.80 Å². The highest BCUT2D eigenvalue weighted by Crippen LogP contribution is 2.39. The van der Waals surface area contributed by atoms with Gasteiger partial charge in [-0.15, -0.1) is 0 Å². The molecule has 2 amide bonds. The minimum Gasteiger partial charge on any atom is -0.443 e. The lowest BCUT2D eigenvalue weighted by atomic mass is 9.99. The van der Waals surface area contributed by atoms with Gasteiger partial charge in [-0.05, 0) is 146 Å². The van der Waals surface area contributed by atoms with Gasteiger partial charge in [0.15, 0.2) is 20.9 Å². The number of alkyl halides is 2. The number of ether oxygens (including phenoxy) is 7. The van der Waals surface area contributed by atoms with Crippen LogP contribution in [-0.4, -0.2) is 160 Å². The van der Waals surface area contributed by atoms with Gasteiger partial charge in [0.2, 0.25) is 10.0 Å². The maximum absolute atomic E-state index is 15.2. The maximum atomic E-state index is 15.2. The van der Waals surface area contributed by atoms with Crippen molar-refractivity contribution in [2.75, 3.05) is 88.9 Å². The first-order valence-corrected chi connectivity index (χ1v) is 29.4. The van der Waals surface area contributed by atoms with Crippen LogP contribution in [0.25, 0.3) is 0 Å². The number of nitrogens with zero attached hydrogens (tertiary/aromatic N) is 5. The fourth-order valence-electron chi connectivity index (χ4n) is 9.25. The molecule has 426 valence electrons. The SMILES string of the molecule is C.Cc1cc(N(C)C(=O)OC(C)(C)C)cc(C)c1CC(F)(F)S(=O)(=O)N1CCC2(CC1)OCCO2.Cc1cc(N(C)C(=O)OC(C)(C)C)cc(C)c1CCS(=O)(=O)N1CCC2(CC1)OCCO2.FN=[SiH]C1CCCO1. The quantitative estimate of drug-likeness (QED) is 0.195. The minimum absolute atomic E-state index is 0. The van der Waals surface area contributed by atoms with Crippen molar-refractivity contribution in [3.05, 3.63) is 57.6 Å². The zero-order chi connectivity index (χ0) is 55.1. The van der Waals surface area contributed by atoms with Gasteiger partial charge in [-0.25, -0.2) is 30.7 Å². The summed E-state index contributed by atoms with van der Waals surface area (Å²) in [5.74, 6) is -1.40. The van der Waals surface area contributed by atoms with Crippen LogP contribution in [0.4, 0.5) is 34.2 Å². The predicted octanol–water partition coefficient (Wildman–Crippen LogP) is 8.63. The summed E-state index contributed by atoms with van der Waals surface area (Å²) in [6, 6.07) is 6.96. The Morgan fingerprint density at radius 3 is 1.44 bits per heavy atom. The lowest BCUT2D eigenvalue weighted by molar-refractivity contribution is -0.179. The molecule has 5 saturated heterocycles. The number of carbonyl (C=O) groups excluding carboxylic acids is 2. The molecule has 5 fully saturated rings. The van der Waals surface area contributed by atoms with Gasteiger partial charge in [-0.1, -0.05) is 11.9 Å².